The molecule has 0 aromatic carbocycles. The highest BCUT2D eigenvalue weighted by Crippen LogP contribution is 2.30. The fourth-order valence-corrected chi connectivity index (χ4v) is 1.46. The van der Waals surface area contributed by atoms with Crippen LogP contribution >= 0.6 is 0 Å². The molecule has 2 N–H and O–H groups in total. The Morgan fingerprint density at radius 2 is 2.12 bits per heavy atom. The van der Waals surface area contributed by atoms with Crippen LogP contribution in [0.5, 0.6) is 0 Å². The summed E-state index contributed by atoms with van der Waals surface area (Å²) in [7, 11) is 0. The predicted molar refractivity (Wildman–Crippen MR) is 53.6 cm³/mol. The highest BCUT2D eigenvalue weighted by molar-refractivity contribution is 5.82. The second-order valence-corrected chi connectivity index (χ2v) is 3.94. The van der Waals surface area contributed by atoms with Crippen LogP contribution in [-0.4, -0.2) is 35.6 Å². The van der Waals surface area contributed by atoms with Crippen molar-refractivity contribution in [2.75, 3.05) is 6.54 Å². The minimum atomic E-state index is -4.37. The normalized spacial score (nSPS) is 18.0. The van der Waals surface area contributed by atoms with Crippen LogP contribution in [0, 0.1) is 0 Å². The average Bonchev–Trinajstić information content (AvgIpc) is 2.95. The molecule has 1 aliphatic rings. The molecular formula is C10H15F3N2O. The van der Waals surface area contributed by atoms with Crippen molar-refractivity contribution in [3.05, 3.63) is 12.7 Å². The third kappa shape index (κ3) is 3.84. The molecule has 0 aromatic rings. The van der Waals surface area contributed by atoms with Crippen LogP contribution < -0.4 is 5.73 Å². The van der Waals surface area contributed by atoms with E-state index in [0.29, 0.717) is 12.8 Å². The number of nitrogens with zero attached hydrogens (tertiary/aromatic N) is 1. The number of carbonyl (C=O) groups excluding carboxylic acids is 1. The molecule has 0 saturated heterocycles. The van der Waals surface area contributed by atoms with Gasteiger partial charge in [0.2, 0.25) is 5.91 Å². The Balaban J connectivity index is 2.62. The monoisotopic (exact) mass is 236 g/mol. The van der Waals surface area contributed by atoms with Crippen molar-refractivity contribution in [3.63, 3.8) is 0 Å². The fourth-order valence-electron chi connectivity index (χ4n) is 1.46. The topological polar surface area (TPSA) is 46.3 Å². The Labute approximate surface area is 92.1 Å². The number of hydrogen-bond donors (Lipinski definition) is 1. The van der Waals surface area contributed by atoms with E-state index in [-0.39, 0.29) is 12.5 Å². The molecule has 1 atom stereocenters. The molecule has 6 heteroatoms. The van der Waals surface area contributed by atoms with Gasteiger partial charge in [-0.15, -0.1) is 6.58 Å². The summed E-state index contributed by atoms with van der Waals surface area (Å²) in [5.74, 6) is -0.639. The average molecular weight is 236 g/mol. The number of amides is 1. The zero-order chi connectivity index (χ0) is 12.3. The first kappa shape index (κ1) is 13.0. The van der Waals surface area contributed by atoms with Gasteiger partial charge in [-0.25, -0.2) is 0 Å². The maximum Gasteiger partial charge on any atom is 0.406 e. The van der Waals surface area contributed by atoms with E-state index in [0.717, 1.165) is 4.90 Å². The lowest BCUT2D eigenvalue weighted by molar-refractivity contribution is -0.163. The van der Waals surface area contributed by atoms with Crippen LogP contribution in [0.25, 0.3) is 0 Å². The van der Waals surface area contributed by atoms with Crippen molar-refractivity contribution in [1.29, 1.82) is 0 Å². The highest BCUT2D eigenvalue weighted by Gasteiger charge is 2.41. The smallest absolute Gasteiger partial charge is 0.329 e. The first-order valence-electron chi connectivity index (χ1n) is 5.09. The molecule has 1 unspecified atom stereocenters. The summed E-state index contributed by atoms with van der Waals surface area (Å²) in [5.41, 5.74) is 5.48. The van der Waals surface area contributed by atoms with Crippen molar-refractivity contribution in [1.82, 2.24) is 4.90 Å². The van der Waals surface area contributed by atoms with Gasteiger partial charge in [0.15, 0.2) is 0 Å². The molecule has 1 rings (SSSR count). The summed E-state index contributed by atoms with van der Waals surface area (Å²) in [5, 5.41) is 0. The lowest BCUT2D eigenvalue weighted by Crippen LogP contribution is -2.48. The number of rotatable bonds is 5. The summed E-state index contributed by atoms with van der Waals surface area (Å²) in [6.45, 7) is 2.20. The fraction of sp³-hybridized carbons (Fsp3) is 0.700. The molecule has 0 spiro atoms. The van der Waals surface area contributed by atoms with E-state index in [1.54, 1.807) is 0 Å². The molecule has 0 heterocycles. The Hall–Kier alpha value is -1.04. The van der Waals surface area contributed by atoms with E-state index in [9.17, 15) is 18.0 Å². The SMILES string of the molecule is C=CCC(N)C(=O)N(CC(F)(F)F)C1CC1. The molecule has 0 aliphatic heterocycles. The third-order valence-corrected chi connectivity index (χ3v) is 2.36. The minimum Gasteiger partial charge on any atom is -0.329 e. The molecule has 1 amide bonds. The number of halogens is 3. The lowest BCUT2D eigenvalue weighted by Gasteiger charge is -2.26. The summed E-state index contributed by atoms with van der Waals surface area (Å²) >= 11 is 0. The standard InChI is InChI=1S/C10H15F3N2O/c1-2-3-8(14)9(16)15(7-4-5-7)6-10(11,12)13/h2,7-8H,1,3-6,14H2. The number of hydrogen-bond acceptors (Lipinski definition) is 2. The van der Waals surface area contributed by atoms with E-state index in [1.165, 1.54) is 6.08 Å². The Morgan fingerprint density at radius 1 is 1.56 bits per heavy atom. The van der Waals surface area contributed by atoms with E-state index < -0.39 is 24.7 Å². The van der Waals surface area contributed by atoms with Crippen molar-refractivity contribution < 1.29 is 18.0 Å². The van der Waals surface area contributed by atoms with Gasteiger partial charge in [-0.1, -0.05) is 6.08 Å². The van der Waals surface area contributed by atoms with Crippen LogP contribution in [0.15, 0.2) is 12.7 Å². The largest absolute Gasteiger partial charge is 0.406 e. The maximum absolute atomic E-state index is 12.2. The highest BCUT2D eigenvalue weighted by atomic mass is 19.4. The first-order valence-corrected chi connectivity index (χ1v) is 5.09. The quantitative estimate of drug-likeness (QED) is 0.734. The van der Waals surface area contributed by atoms with Gasteiger partial charge in [-0.3, -0.25) is 4.79 Å². The molecule has 1 aliphatic carbocycles. The van der Waals surface area contributed by atoms with E-state index in [4.69, 9.17) is 5.73 Å². The summed E-state index contributed by atoms with van der Waals surface area (Å²) < 4.78 is 36.7. The van der Waals surface area contributed by atoms with E-state index in [1.807, 2.05) is 0 Å². The molecule has 1 fully saturated rings. The molecule has 3 nitrogen and oxygen atoms in total. The second-order valence-electron chi connectivity index (χ2n) is 3.94. The molecule has 0 aromatic heterocycles. The van der Waals surface area contributed by atoms with E-state index >= 15 is 0 Å². The number of nitrogens with two attached hydrogens (primary N) is 1. The van der Waals surface area contributed by atoms with Crippen LogP contribution in [0.1, 0.15) is 19.3 Å². The van der Waals surface area contributed by atoms with Crippen molar-refractivity contribution in [2.24, 2.45) is 5.73 Å². The van der Waals surface area contributed by atoms with Gasteiger partial charge in [0.25, 0.3) is 0 Å². The van der Waals surface area contributed by atoms with Gasteiger partial charge in [-0.05, 0) is 19.3 Å². The zero-order valence-electron chi connectivity index (χ0n) is 8.83. The Bertz CT molecular complexity index is 274. The molecule has 1 saturated carbocycles. The van der Waals surface area contributed by atoms with Crippen molar-refractivity contribution >= 4 is 5.91 Å². The van der Waals surface area contributed by atoms with Gasteiger partial charge < -0.3 is 10.6 Å². The Morgan fingerprint density at radius 3 is 2.50 bits per heavy atom. The summed E-state index contributed by atoms with van der Waals surface area (Å²) in [4.78, 5) is 12.5. The van der Waals surface area contributed by atoms with Gasteiger partial charge >= 0.3 is 6.18 Å². The first-order chi connectivity index (χ1) is 7.35. The summed E-state index contributed by atoms with van der Waals surface area (Å²) in [6, 6.07) is -1.20. The predicted octanol–water partition coefficient (Wildman–Crippen LogP) is 1.44. The van der Waals surface area contributed by atoms with Crippen LogP contribution in [0.3, 0.4) is 0 Å². The van der Waals surface area contributed by atoms with Crippen LogP contribution in [0.2, 0.25) is 0 Å². The second kappa shape index (κ2) is 4.86. The van der Waals surface area contributed by atoms with Gasteiger partial charge in [0.1, 0.15) is 6.54 Å². The molecule has 0 bridgehead atoms. The Kier molecular flexibility index (Phi) is 3.96. The van der Waals surface area contributed by atoms with Crippen LogP contribution in [-0.2, 0) is 4.79 Å². The molecular weight excluding hydrogens is 221 g/mol. The molecule has 0 radical (unpaired) electrons. The van der Waals surface area contributed by atoms with Crippen molar-refractivity contribution in [3.8, 4) is 0 Å². The zero-order valence-corrected chi connectivity index (χ0v) is 8.83. The van der Waals surface area contributed by atoms with Gasteiger partial charge in [0, 0.05) is 6.04 Å². The molecule has 92 valence electrons. The van der Waals surface area contributed by atoms with Gasteiger partial charge in [-0.2, -0.15) is 13.2 Å². The minimum absolute atomic E-state index is 0.194. The van der Waals surface area contributed by atoms with Crippen LogP contribution in [0.4, 0.5) is 13.2 Å². The summed E-state index contributed by atoms with van der Waals surface area (Å²) in [6.07, 6.45) is -1.49. The number of alkyl halides is 3. The third-order valence-electron chi connectivity index (χ3n) is 2.36. The maximum atomic E-state index is 12.2. The van der Waals surface area contributed by atoms with Gasteiger partial charge in [0.05, 0.1) is 6.04 Å². The molecule has 16 heavy (non-hydrogen) atoms. The van der Waals surface area contributed by atoms with E-state index in [2.05, 4.69) is 6.58 Å². The van der Waals surface area contributed by atoms with Crippen molar-refractivity contribution in [2.45, 2.75) is 37.5 Å². The lowest BCUT2D eigenvalue weighted by atomic mass is 10.2. The number of carbonyl (C=O) groups is 1.